The molecule has 0 aliphatic heterocycles. The molecule has 11 heavy (non-hydrogen) atoms. The van der Waals surface area contributed by atoms with E-state index >= 15 is 0 Å². The fourth-order valence-electron chi connectivity index (χ4n) is 1.57. The molecule has 1 rings (SSSR count). The van der Waals surface area contributed by atoms with E-state index in [1.165, 1.54) is 11.1 Å². The molecule has 0 aromatic carbocycles. The van der Waals surface area contributed by atoms with Crippen LogP contribution in [-0.4, -0.2) is 10.7 Å². The first-order chi connectivity index (χ1) is 4.89. The van der Waals surface area contributed by atoms with Gasteiger partial charge in [0, 0.05) is 0 Å². The lowest BCUT2D eigenvalue weighted by Crippen LogP contribution is -2.24. The average Bonchev–Trinajstić information content (AvgIpc) is 2.06. The standard InChI is InChI=1S/C10H16O/c1-6-7(2)9(4)10(5,11)8(6)3/h11H,1-5H3. The summed E-state index contributed by atoms with van der Waals surface area (Å²) in [5.74, 6) is 0. The van der Waals surface area contributed by atoms with E-state index in [0.29, 0.717) is 0 Å². The molecule has 0 radical (unpaired) electrons. The second-order valence-corrected chi connectivity index (χ2v) is 3.57. The number of allylic oxidation sites excluding steroid dienone is 2. The molecule has 0 aromatic rings. The SMILES string of the molecule is CC1=C(C)C(C)(O)C(C)=C1C. The van der Waals surface area contributed by atoms with Gasteiger partial charge in [0.25, 0.3) is 0 Å². The predicted octanol–water partition coefficient (Wildman–Crippen LogP) is 2.42. The van der Waals surface area contributed by atoms with Crippen molar-refractivity contribution < 1.29 is 5.11 Å². The third kappa shape index (κ3) is 0.951. The molecule has 0 fully saturated rings. The fourth-order valence-corrected chi connectivity index (χ4v) is 1.57. The zero-order valence-electron chi connectivity index (χ0n) is 7.95. The van der Waals surface area contributed by atoms with Crippen molar-refractivity contribution in [3.63, 3.8) is 0 Å². The van der Waals surface area contributed by atoms with Crippen molar-refractivity contribution in [3.8, 4) is 0 Å². The Morgan fingerprint density at radius 3 is 1.27 bits per heavy atom. The highest BCUT2D eigenvalue weighted by molar-refractivity contribution is 5.51. The molecule has 0 saturated heterocycles. The molecule has 0 aromatic heterocycles. The molecule has 0 atom stereocenters. The lowest BCUT2D eigenvalue weighted by atomic mass is 9.94. The Kier molecular flexibility index (Phi) is 1.72. The van der Waals surface area contributed by atoms with Crippen LogP contribution in [-0.2, 0) is 0 Å². The van der Waals surface area contributed by atoms with E-state index in [-0.39, 0.29) is 0 Å². The van der Waals surface area contributed by atoms with Crippen molar-refractivity contribution in [3.05, 3.63) is 22.3 Å². The highest BCUT2D eigenvalue weighted by Crippen LogP contribution is 2.39. The van der Waals surface area contributed by atoms with Gasteiger partial charge in [0.1, 0.15) is 5.60 Å². The summed E-state index contributed by atoms with van der Waals surface area (Å²) < 4.78 is 0. The minimum atomic E-state index is -0.686. The summed E-state index contributed by atoms with van der Waals surface area (Å²) in [5.41, 5.74) is 3.98. The second kappa shape index (κ2) is 2.21. The number of hydrogen-bond acceptors (Lipinski definition) is 1. The average molecular weight is 152 g/mol. The maximum Gasteiger partial charge on any atom is 0.104 e. The molecule has 0 spiro atoms. The number of hydrogen-bond donors (Lipinski definition) is 1. The van der Waals surface area contributed by atoms with Gasteiger partial charge in [-0.05, 0) is 56.9 Å². The summed E-state index contributed by atoms with van der Waals surface area (Å²) in [7, 11) is 0. The van der Waals surface area contributed by atoms with Crippen LogP contribution in [0.25, 0.3) is 0 Å². The monoisotopic (exact) mass is 152 g/mol. The molecule has 0 heterocycles. The molecule has 0 saturated carbocycles. The fraction of sp³-hybridized carbons (Fsp3) is 0.600. The Morgan fingerprint density at radius 2 is 1.18 bits per heavy atom. The van der Waals surface area contributed by atoms with Gasteiger partial charge in [0.2, 0.25) is 0 Å². The summed E-state index contributed by atoms with van der Waals surface area (Å²) >= 11 is 0. The highest BCUT2D eigenvalue weighted by Gasteiger charge is 2.33. The summed E-state index contributed by atoms with van der Waals surface area (Å²) in [5, 5.41) is 9.96. The Bertz CT molecular complexity index is 228. The Balaban J connectivity index is 3.27. The minimum absolute atomic E-state index is 0.686. The van der Waals surface area contributed by atoms with E-state index in [4.69, 9.17) is 0 Å². The topological polar surface area (TPSA) is 20.2 Å². The van der Waals surface area contributed by atoms with Crippen molar-refractivity contribution in [2.24, 2.45) is 0 Å². The van der Waals surface area contributed by atoms with E-state index < -0.39 is 5.60 Å². The Labute approximate surface area is 68.4 Å². The largest absolute Gasteiger partial charge is 0.381 e. The van der Waals surface area contributed by atoms with Crippen molar-refractivity contribution in [1.82, 2.24) is 0 Å². The summed E-state index contributed by atoms with van der Waals surface area (Å²) in [4.78, 5) is 0. The van der Waals surface area contributed by atoms with Crippen LogP contribution < -0.4 is 0 Å². The van der Waals surface area contributed by atoms with Gasteiger partial charge in [0.05, 0.1) is 0 Å². The van der Waals surface area contributed by atoms with E-state index in [1.54, 1.807) is 0 Å². The van der Waals surface area contributed by atoms with Gasteiger partial charge in [-0.3, -0.25) is 0 Å². The van der Waals surface area contributed by atoms with Crippen LogP contribution in [0, 0.1) is 0 Å². The lowest BCUT2D eigenvalue weighted by Gasteiger charge is -2.21. The molecule has 1 heteroatoms. The molecule has 62 valence electrons. The molecular weight excluding hydrogens is 136 g/mol. The zero-order chi connectivity index (χ0) is 8.81. The lowest BCUT2D eigenvalue weighted by molar-refractivity contribution is 0.140. The van der Waals surface area contributed by atoms with Crippen LogP contribution in [0.3, 0.4) is 0 Å². The zero-order valence-corrected chi connectivity index (χ0v) is 7.95. The van der Waals surface area contributed by atoms with Crippen LogP contribution >= 0.6 is 0 Å². The second-order valence-electron chi connectivity index (χ2n) is 3.57. The summed E-state index contributed by atoms with van der Waals surface area (Å²) in [6.45, 7) is 9.98. The first-order valence-electron chi connectivity index (χ1n) is 3.97. The quantitative estimate of drug-likeness (QED) is 0.565. The molecule has 0 amide bonds. The smallest absolute Gasteiger partial charge is 0.104 e. The third-order valence-corrected chi connectivity index (χ3v) is 3.15. The van der Waals surface area contributed by atoms with E-state index in [9.17, 15) is 5.11 Å². The maximum absolute atomic E-state index is 9.96. The predicted molar refractivity (Wildman–Crippen MR) is 47.4 cm³/mol. The minimum Gasteiger partial charge on any atom is -0.381 e. The van der Waals surface area contributed by atoms with Gasteiger partial charge >= 0.3 is 0 Å². The molecule has 1 N–H and O–H groups in total. The van der Waals surface area contributed by atoms with Crippen LogP contribution in [0.1, 0.15) is 34.6 Å². The first-order valence-corrected chi connectivity index (χ1v) is 3.97. The first kappa shape index (κ1) is 8.54. The normalized spacial score (nSPS) is 23.5. The molecule has 1 aliphatic rings. The summed E-state index contributed by atoms with van der Waals surface area (Å²) in [6.07, 6.45) is 0. The van der Waals surface area contributed by atoms with Crippen molar-refractivity contribution >= 4 is 0 Å². The van der Waals surface area contributed by atoms with Gasteiger partial charge in [-0.1, -0.05) is 0 Å². The molecule has 0 unspecified atom stereocenters. The van der Waals surface area contributed by atoms with Gasteiger partial charge < -0.3 is 5.11 Å². The Morgan fingerprint density at radius 1 is 0.909 bits per heavy atom. The molecule has 1 aliphatic carbocycles. The van der Waals surface area contributed by atoms with Crippen molar-refractivity contribution in [2.75, 3.05) is 0 Å². The van der Waals surface area contributed by atoms with Crippen molar-refractivity contribution in [2.45, 2.75) is 40.2 Å². The highest BCUT2D eigenvalue weighted by atomic mass is 16.3. The van der Waals surface area contributed by atoms with Crippen molar-refractivity contribution in [1.29, 1.82) is 0 Å². The van der Waals surface area contributed by atoms with Crippen LogP contribution in [0.2, 0.25) is 0 Å². The third-order valence-electron chi connectivity index (χ3n) is 3.15. The van der Waals surface area contributed by atoms with Crippen LogP contribution in [0.4, 0.5) is 0 Å². The van der Waals surface area contributed by atoms with Crippen LogP contribution in [0.5, 0.6) is 0 Å². The maximum atomic E-state index is 9.96. The Hall–Kier alpha value is -0.560. The van der Waals surface area contributed by atoms with Gasteiger partial charge in [-0.25, -0.2) is 0 Å². The number of rotatable bonds is 0. The van der Waals surface area contributed by atoms with Gasteiger partial charge in [0.15, 0.2) is 0 Å². The van der Waals surface area contributed by atoms with Crippen LogP contribution in [0.15, 0.2) is 22.3 Å². The van der Waals surface area contributed by atoms with Gasteiger partial charge in [-0.15, -0.1) is 0 Å². The van der Waals surface area contributed by atoms with E-state index in [1.807, 2.05) is 20.8 Å². The van der Waals surface area contributed by atoms with E-state index in [0.717, 1.165) is 11.1 Å². The van der Waals surface area contributed by atoms with Gasteiger partial charge in [-0.2, -0.15) is 0 Å². The molecule has 1 nitrogen and oxygen atoms in total. The number of aliphatic hydroxyl groups is 1. The molecular formula is C10H16O. The summed E-state index contributed by atoms with van der Waals surface area (Å²) in [6, 6.07) is 0. The molecule has 0 bridgehead atoms. The van der Waals surface area contributed by atoms with E-state index in [2.05, 4.69) is 13.8 Å².